The van der Waals surface area contributed by atoms with Crippen LogP contribution in [0.15, 0.2) is 12.3 Å². The van der Waals surface area contributed by atoms with Gasteiger partial charge in [0.05, 0.1) is 0 Å². The van der Waals surface area contributed by atoms with Gasteiger partial charge in [0.1, 0.15) is 5.69 Å². The lowest BCUT2D eigenvalue weighted by Gasteiger charge is -2.29. The molecule has 2 rings (SSSR count). The lowest BCUT2D eigenvalue weighted by molar-refractivity contribution is 0.0919. The minimum Gasteiger partial charge on any atom is -0.348 e. The number of carbonyl (C=O) groups excluding carboxylic acids is 1. The van der Waals surface area contributed by atoms with Gasteiger partial charge in [0, 0.05) is 18.3 Å². The first-order valence-corrected chi connectivity index (χ1v) is 6.83. The molecule has 0 atom stereocenters. The van der Waals surface area contributed by atoms with Gasteiger partial charge in [0.15, 0.2) is 0 Å². The van der Waals surface area contributed by atoms with Crippen LogP contribution in [0.5, 0.6) is 0 Å². The Kier molecular flexibility index (Phi) is 4.75. The molecular formula is C13H22N4O. The van der Waals surface area contributed by atoms with Crippen LogP contribution in [0.4, 0.5) is 0 Å². The maximum absolute atomic E-state index is 11.8. The molecule has 0 saturated heterocycles. The Morgan fingerprint density at radius 3 is 2.72 bits per heavy atom. The summed E-state index contributed by atoms with van der Waals surface area (Å²) >= 11 is 0. The largest absolute Gasteiger partial charge is 0.348 e. The van der Waals surface area contributed by atoms with Gasteiger partial charge in [0.2, 0.25) is 0 Å². The van der Waals surface area contributed by atoms with Crippen molar-refractivity contribution in [3.63, 3.8) is 0 Å². The van der Waals surface area contributed by atoms with Crippen molar-refractivity contribution in [3.8, 4) is 0 Å². The van der Waals surface area contributed by atoms with Crippen molar-refractivity contribution in [2.24, 2.45) is 0 Å². The summed E-state index contributed by atoms with van der Waals surface area (Å²) in [6.45, 7) is 3.28. The minimum atomic E-state index is -0.0440. The molecule has 100 valence electrons. The van der Waals surface area contributed by atoms with Gasteiger partial charge >= 0.3 is 0 Å². The van der Waals surface area contributed by atoms with E-state index in [1.807, 2.05) is 0 Å². The average molecular weight is 250 g/mol. The first-order chi connectivity index (χ1) is 8.79. The van der Waals surface area contributed by atoms with Crippen molar-refractivity contribution in [1.29, 1.82) is 0 Å². The zero-order chi connectivity index (χ0) is 12.8. The fraction of sp³-hybridized carbons (Fsp3) is 0.692. The van der Waals surface area contributed by atoms with E-state index >= 15 is 0 Å². The summed E-state index contributed by atoms with van der Waals surface area (Å²) in [5.41, 5.74) is 0.543. The Bertz CT molecular complexity index is 355. The molecule has 0 spiro atoms. The quantitative estimate of drug-likeness (QED) is 0.741. The Balaban J connectivity index is 1.72. The van der Waals surface area contributed by atoms with Crippen LogP contribution in [0.2, 0.25) is 0 Å². The summed E-state index contributed by atoms with van der Waals surface area (Å²) in [7, 11) is 0. The van der Waals surface area contributed by atoms with Crippen LogP contribution in [0.3, 0.4) is 0 Å². The standard InChI is InChI=1S/C13H22N4O/c1-2-8-14-10-3-5-11(6-4-10)16-13(18)12-7-9-15-17-12/h7,9-11,14H,2-6,8H2,1H3,(H,15,17)(H,16,18). The van der Waals surface area contributed by atoms with Gasteiger partial charge in [-0.05, 0) is 44.7 Å². The molecule has 5 nitrogen and oxygen atoms in total. The molecule has 1 heterocycles. The number of rotatable bonds is 5. The maximum atomic E-state index is 11.8. The lowest BCUT2D eigenvalue weighted by atomic mass is 9.91. The van der Waals surface area contributed by atoms with Crippen molar-refractivity contribution >= 4 is 5.91 Å². The third kappa shape index (κ3) is 3.57. The van der Waals surface area contributed by atoms with E-state index in [0.717, 1.165) is 32.2 Å². The summed E-state index contributed by atoms with van der Waals surface area (Å²) in [4.78, 5) is 11.8. The van der Waals surface area contributed by atoms with E-state index in [2.05, 4.69) is 27.8 Å². The van der Waals surface area contributed by atoms with E-state index in [1.165, 1.54) is 6.42 Å². The molecule has 0 aromatic carbocycles. The molecule has 5 heteroatoms. The molecule has 1 saturated carbocycles. The highest BCUT2D eigenvalue weighted by Gasteiger charge is 2.22. The fourth-order valence-corrected chi connectivity index (χ4v) is 2.44. The Labute approximate surface area is 108 Å². The molecule has 0 bridgehead atoms. The second kappa shape index (κ2) is 6.54. The first-order valence-electron chi connectivity index (χ1n) is 6.83. The molecule has 1 aromatic rings. The van der Waals surface area contributed by atoms with E-state index < -0.39 is 0 Å². The van der Waals surface area contributed by atoms with Crippen LogP contribution >= 0.6 is 0 Å². The molecule has 0 unspecified atom stereocenters. The highest BCUT2D eigenvalue weighted by Crippen LogP contribution is 2.18. The number of aromatic amines is 1. The third-order valence-electron chi connectivity index (χ3n) is 3.49. The molecule has 1 aliphatic rings. The average Bonchev–Trinajstić information content (AvgIpc) is 2.92. The van der Waals surface area contributed by atoms with Crippen molar-refractivity contribution < 1.29 is 4.79 Å². The second-order valence-corrected chi connectivity index (χ2v) is 4.95. The predicted octanol–water partition coefficient (Wildman–Crippen LogP) is 1.45. The van der Waals surface area contributed by atoms with Gasteiger partial charge in [-0.25, -0.2) is 0 Å². The summed E-state index contributed by atoms with van der Waals surface area (Å²) in [5, 5.41) is 13.1. The van der Waals surface area contributed by atoms with Crippen molar-refractivity contribution in [2.45, 2.75) is 51.1 Å². The smallest absolute Gasteiger partial charge is 0.269 e. The van der Waals surface area contributed by atoms with Crippen molar-refractivity contribution in [2.75, 3.05) is 6.54 Å². The van der Waals surface area contributed by atoms with Gasteiger partial charge in [0.25, 0.3) is 5.91 Å². The molecular weight excluding hydrogens is 228 g/mol. The Hall–Kier alpha value is -1.36. The zero-order valence-electron chi connectivity index (χ0n) is 10.9. The van der Waals surface area contributed by atoms with Crippen molar-refractivity contribution in [3.05, 3.63) is 18.0 Å². The van der Waals surface area contributed by atoms with E-state index in [0.29, 0.717) is 17.8 Å². The number of hydrogen-bond donors (Lipinski definition) is 3. The minimum absolute atomic E-state index is 0.0440. The van der Waals surface area contributed by atoms with Crippen LogP contribution in [0.25, 0.3) is 0 Å². The van der Waals surface area contributed by atoms with E-state index in [-0.39, 0.29) is 5.91 Å². The highest BCUT2D eigenvalue weighted by molar-refractivity contribution is 5.92. The summed E-state index contributed by atoms with van der Waals surface area (Å²) in [6.07, 6.45) is 7.18. The molecule has 1 aliphatic carbocycles. The van der Waals surface area contributed by atoms with Gasteiger partial charge < -0.3 is 10.6 Å². The Morgan fingerprint density at radius 2 is 2.11 bits per heavy atom. The zero-order valence-corrected chi connectivity index (χ0v) is 10.9. The second-order valence-electron chi connectivity index (χ2n) is 4.95. The third-order valence-corrected chi connectivity index (χ3v) is 3.49. The van der Waals surface area contributed by atoms with Crippen LogP contribution in [0.1, 0.15) is 49.5 Å². The van der Waals surface area contributed by atoms with Crippen LogP contribution in [0, 0.1) is 0 Å². The first kappa shape index (κ1) is 13.1. The fourth-order valence-electron chi connectivity index (χ4n) is 2.44. The lowest BCUT2D eigenvalue weighted by Crippen LogP contribution is -2.42. The topological polar surface area (TPSA) is 69.8 Å². The molecule has 1 aromatic heterocycles. The molecule has 1 fully saturated rings. The molecule has 0 radical (unpaired) electrons. The highest BCUT2D eigenvalue weighted by atomic mass is 16.2. The Morgan fingerprint density at radius 1 is 1.39 bits per heavy atom. The van der Waals surface area contributed by atoms with E-state index in [4.69, 9.17) is 0 Å². The maximum Gasteiger partial charge on any atom is 0.269 e. The van der Waals surface area contributed by atoms with Crippen LogP contribution in [-0.4, -0.2) is 34.7 Å². The summed E-state index contributed by atoms with van der Waals surface area (Å²) in [6, 6.07) is 2.63. The monoisotopic (exact) mass is 250 g/mol. The van der Waals surface area contributed by atoms with E-state index in [1.54, 1.807) is 12.3 Å². The number of nitrogens with one attached hydrogen (secondary N) is 3. The predicted molar refractivity (Wildman–Crippen MR) is 70.4 cm³/mol. The van der Waals surface area contributed by atoms with Gasteiger partial charge in [-0.1, -0.05) is 6.92 Å². The summed E-state index contributed by atoms with van der Waals surface area (Å²) in [5.74, 6) is -0.0440. The van der Waals surface area contributed by atoms with Crippen molar-refractivity contribution in [1.82, 2.24) is 20.8 Å². The molecule has 0 aliphatic heterocycles. The summed E-state index contributed by atoms with van der Waals surface area (Å²) < 4.78 is 0. The van der Waals surface area contributed by atoms with Gasteiger partial charge in [-0.15, -0.1) is 0 Å². The van der Waals surface area contributed by atoms with Crippen LogP contribution < -0.4 is 10.6 Å². The number of hydrogen-bond acceptors (Lipinski definition) is 3. The molecule has 18 heavy (non-hydrogen) atoms. The number of nitrogens with zero attached hydrogens (tertiary/aromatic N) is 1. The van der Waals surface area contributed by atoms with Gasteiger partial charge in [-0.3, -0.25) is 9.89 Å². The number of H-pyrrole nitrogens is 1. The SMILES string of the molecule is CCCNC1CCC(NC(=O)c2ccn[nH]2)CC1. The molecule has 1 amide bonds. The van der Waals surface area contributed by atoms with Gasteiger partial charge in [-0.2, -0.15) is 5.10 Å². The van der Waals surface area contributed by atoms with E-state index in [9.17, 15) is 4.79 Å². The number of aromatic nitrogens is 2. The normalized spacial score (nSPS) is 23.8. The van der Waals surface area contributed by atoms with Crippen LogP contribution in [-0.2, 0) is 0 Å². The number of amides is 1. The molecule has 3 N–H and O–H groups in total. The number of carbonyl (C=O) groups is 1.